The molecule has 0 aliphatic carbocycles. The van der Waals surface area contributed by atoms with E-state index >= 15 is 0 Å². The lowest BCUT2D eigenvalue weighted by molar-refractivity contribution is -0.389. The van der Waals surface area contributed by atoms with Crippen molar-refractivity contribution < 1.29 is 9.72 Å². The Hall–Kier alpha value is -2.12. The second-order valence-electron chi connectivity index (χ2n) is 3.78. The smallest absolute Gasteiger partial charge is 0.358 e. The second-order valence-corrected chi connectivity index (χ2v) is 4.60. The van der Waals surface area contributed by atoms with Gasteiger partial charge < -0.3 is 15.4 Å². The van der Waals surface area contributed by atoms with Crippen molar-refractivity contribution in [3.05, 3.63) is 50.6 Å². The van der Waals surface area contributed by atoms with Gasteiger partial charge in [0.15, 0.2) is 5.02 Å². The van der Waals surface area contributed by atoms with Crippen LogP contribution in [0, 0.1) is 10.1 Å². The number of para-hydroxylation sites is 1. The van der Waals surface area contributed by atoms with E-state index in [9.17, 15) is 14.9 Å². The molecule has 1 aromatic heterocycles. The van der Waals surface area contributed by atoms with E-state index in [4.69, 9.17) is 23.2 Å². The molecule has 0 atom stereocenters. The molecule has 1 amide bonds. The maximum absolute atomic E-state index is 11.8. The lowest BCUT2D eigenvalue weighted by atomic mass is 10.3. The number of hydrogen-bond donors (Lipinski definition) is 1. The molecule has 0 fully saturated rings. The fourth-order valence-corrected chi connectivity index (χ4v) is 1.89. The summed E-state index contributed by atoms with van der Waals surface area (Å²) in [4.78, 5) is 21.6. The number of nitrogens with zero attached hydrogens (tertiary/aromatic N) is 3. The zero-order valence-electron chi connectivity index (χ0n) is 9.92. The molecule has 9 heteroatoms. The van der Waals surface area contributed by atoms with E-state index in [-0.39, 0.29) is 11.6 Å². The van der Waals surface area contributed by atoms with Crippen LogP contribution < -0.4 is 5.32 Å². The van der Waals surface area contributed by atoms with Crippen LogP contribution in [0.4, 0.5) is 11.5 Å². The Bertz CT molecular complexity index is 671. The number of halogens is 2. The van der Waals surface area contributed by atoms with Gasteiger partial charge in [-0.1, -0.05) is 35.3 Å². The average molecular weight is 315 g/mol. The van der Waals surface area contributed by atoms with Gasteiger partial charge >= 0.3 is 5.82 Å². The van der Waals surface area contributed by atoms with Gasteiger partial charge in [0.25, 0.3) is 0 Å². The van der Waals surface area contributed by atoms with Crippen molar-refractivity contribution in [3.63, 3.8) is 0 Å². The normalized spacial score (nSPS) is 10.3. The number of hydrogen-bond acceptors (Lipinski definition) is 4. The molecule has 104 valence electrons. The van der Waals surface area contributed by atoms with E-state index in [1.54, 1.807) is 24.3 Å². The zero-order chi connectivity index (χ0) is 14.7. The minimum absolute atomic E-state index is 0.124. The van der Waals surface area contributed by atoms with Gasteiger partial charge in [0.05, 0.1) is 22.0 Å². The molecular formula is C11H8Cl2N4O3. The van der Waals surface area contributed by atoms with Crippen molar-refractivity contribution >= 4 is 40.6 Å². The Morgan fingerprint density at radius 3 is 2.65 bits per heavy atom. The van der Waals surface area contributed by atoms with E-state index < -0.39 is 16.6 Å². The number of rotatable bonds is 4. The molecule has 0 aliphatic rings. The molecule has 0 saturated carbocycles. The van der Waals surface area contributed by atoms with Crippen LogP contribution in [0.3, 0.4) is 0 Å². The molecule has 0 spiro atoms. The molecule has 2 aromatic rings. The zero-order valence-corrected chi connectivity index (χ0v) is 11.4. The molecule has 0 unspecified atom stereocenters. The summed E-state index contributed by atoms with van der Waals surface area (Å²) >= 11 is 11.5. The molecule has 0 bridgehead atoms. The molecular weight excluding hydrogens is 307 g/mol. The number of amides is 1. The van der Waals surface area contributed by atoms with Crippen molar-refractivity contribution in [2.45, 2.75) is 6.54 Å². The van der Waals surface area contributed by atoms with Gasteiger partial charge in [0, 0.05) is 0 Å². The Morgan fingerprint density at radius 2 is 2.05 bits per heavy atom. The highest BCUT2D eigenvalue weighted by Gasteiger charge is 2.20. The fraction of sp³-hybridized carbons (Fsp3) is 0.0909. The lowest BCUT2D eigenvalue weighted by Gasteiger charge is -2.05. The summed E-state index contributed by atoms with van der Waals surface area (Å²) in [7, 11) is 0. The Kier molecular flexibility index (Phi) is 4.21. The summed E-state index contributed by atoms with van der Waals surface area (Å²) < 4.78 is 1.09. The van der Waals surface area contributed by atoms with Crippen LogP contribution in [0.25, 0.3) is 0 Å². The monoisotopic (exact) mass is 314 g/mol. The number of nitrogens with one attached hydrogen (secondary N) is 1. The Balaban J connectivity index is 2.07. The van der Waals surface area contributed by atoms with E-state index in [2.05, 4.69) is 10.4 Å². The number of carbonyl (C=O) groups is 1. The summed E-state index contributed by atoms with van der Waals surface area (Å²) in [5.41, 5.74) is 0.451. The molecule has 1 aromatic carbocycles. The van der Waals surface area contributed by atoms with Gasteiger partial charge in [-0.3, -0.25) is 4.79 Å². The SMILES string of the molecule is O=C(Cn1cc(Cl)c([N+](=O)[O-])n1)Nc1ccccc1Cl. The van der Waals surface area contributed by atoms with E-state index in [1.807, 2.05) is 0 Å². The van der Waals surface area contributed by atoms with Crippen LogP contribution in [0.1, 0.15) is 0 Å². The highest BCUT2D eigenvalue weighted by Crippen LogP contribution is 2.22. The summed E-state index contributed by atoms with van der Waals surface area (Å²) in [6.45, 7) is -0.210. The van der Waals surface area contributed by atoms with Gasteiger partial charge in [0.1, 0.15) is 6.54 Å². The predicted molar refractivity (Wildman–Crippen MR) is 74.0 cm³/mol. The number of nitro groups is 1. The van der Waals surface area contributed by atoms with Crippen LogP contribution in [0.15, 0.2) is 30.5 Å². The molecule has 2 rings (SSSR count). The van der Waals surface area contributed by atoms with Crippen molar-refractivity contribution in [1.82, 2.24) is 9.78 Å². The maximum atomic E-state index is 11.8. The van der Waals surface area contributed by atoms with Crippen molar-refractivity contribution in [2.75, 3.05) is 5.32 Å². The summed E-state index contributed by atoms with van der Waals surface area (Å²) in [6, 6.07) is 6.72. The van der Waals surface area contributed by atoms with Crippen molar-refractivity contribution in [3.8, 4) is 0 Å². The number of aromatic nitrogens is 2. The van der Waals surface area contributed by atoms with Crippen molar-refractivity contribution in [2.24, 2.45) is 0 Å². The first-order valence-electron chi connectivity index (χ1n) is 5.39. The van der Waals surface area contributed by atoms with Gasteiger partial charge in [-0.25, -0.2) is 0 Å². The van der Waals surface area contributed by atoms with Crippen LogP contribution in [0.2, 0.25) is 10.0 Å². The van der Waals surface area contributed by atoms with E-state index in [0.717, 1.165) is 4.68 Å². The van der Waals surface area contributed by atoms with Gasteiger partial charge in [-0.15, -0.1) is 0 Å². The minimum Gasteiger partial charge on any atom is -0.358 e. The summed E-state index contributed by atoms with van der Waals surface area (Å²) in [6.07, 6.45) is 1.21. The first kappa shape index (κ1) is 14.3. The maximum Gasteiger partial charge on any atom is 0.408 e. The third-order valence-corrected chi connectivity index (χ3v) is 2.92. The molecule has 1 N–H and O–H groups in total. The fourth-order valence-electron chi connectivity index (χ4n) is 1.49. The molecule has 20 heavy (non-hydrogen) atoms. The van der Waals surface area contributed by atoms with Crippen LogP contribution in [0.5, 0.6) is 0 Å². The first-order chi connectivity index (χ1) is 9.47. The molecule has 1 heterocycles. The van der Waals surface area contributed by atoms with E-state index in [0.29, 0.717) is 10.7 Å². The average Bonchev–Trinajstić information content (AvgIpc) is 2.73. The predicted octanol–water partition coefficient (Wildman–Crippen LogP) is 2.74. The van der Waals surface area contributed by atoms with Gasteiger partial charge in [0.2, 0.25) is 5.91 Å². The second kappa shape index (κ2) is 5.89. The molecule has 7 nitrogen and oxygen atoms in total. The molecule has 0 aliphatic heterocycles. The summed E-state index contributed by atoms with van der Waals surface area (Å²) in [5.74, 6) is -0.913. The number of benzene rings is 1. The standard InChI is InChI=1S/C11H8Cl2N4O3/c12-7-3-1-2-4-9(7)14-10(18)6-16-5-8(13)11(15-16)17(19)20/h1-5H,6H2,(H,14,18). The van der Waals surface area contributed by atoms with E-state index in [1.165, 1.54) is 6.20 Å². The minimum atomic E-state index is -0.717. The quantitative estimate of drug-likeness (QED) is 0.694. The Morgan fingerprint density at radius 1 is 1.35 bits per heavy atom. The highest BCUT2D eigenvalue weighted by molar-refractivity contribution is 6.33. The first-order valence-corrected chi connectivity index (χ1v) is 6.14. The highest BCUT2D eigenvalue weighted by atomic mass is 35.5. The van der Waals surface area contributed by atoms with Crippen LogP contribution >= 0.6 is 23.2 Å². The lowest BCUT2D eigenvalue weighted by Crippen LogP contribution is -2.19. The summed E-state index contributed by atoms with van der Waals surface area (Å²) in [5, 5.41) is 17.0. The largest absolute Gasteiger partial charge is 0.408 e. The Labute approximate surface area is 123 Å². The van der Waals surface area contributed by atoms with Gasteiger partial charge in [-0.2, -0.15) is 4.68 Å². The van der Waals surface area contributed by atoms with Crippen molar-refractivity contribution in [1.29, 1.82) is 0 Å². The molecule has 0 radical (unpaired) electrons. The van der Waals surface area contributed by atoms with Gasteiger partial charge in [-0.05, 0) is 17.1 Å². The number of anilines is 1. The molecule has 0 saturated heterocycles. The van der Waals surface area contributed by atoms with Crippen LogP contribution in [-0.4, -0.2) is 20.6 Å². The number of carbonyl (C=O) groups excluding carboxylic acids is 1. The third kappa shape index (κ3) is 3.25. The topological polar surface area (TPSA) is 90.1 Å². The van der Waals surface area contributed by atoms with Crippen LogP contribution in [-0.2, 0) is 11.3 Å². The third-order valence-electron chi connectivity index (χ3n) is 2.33.